The predicted octanol–water partition coefficient (Wildman–Crippen LogP) is 3.38. The maximum Gasteiger partial charge on any atom is 0.123 e. The summed E-state index contributed by atoms with van der Waals surface area (Å²) in [6.45, 7) is 4.09. The fourth-order valence-electron chi connectivity index (χ4n) is 1.94. The minimum Gasteiger partial charge on any atom is -0.494 e. The zero-order chi connectivity index (χ0) is 14.2. The van der Waals surface area contributed by atoms with E-state index in [1.165, 1.54) is 5.56 Å². The van der Waals surface area contributed by atoms with Gasteiger partial charge in [0.2, 0.25) is 0 Å². The van der Waals surface area contributed by atoms with Gasteiger partial charge in [0.15, 0.2) is 0 Å². The highest BCUT2D eigenvalue weighted by atomic mass is 16.5. The van der Waals surface area contributed by atoms with Crippen molar-refractivity contribution >= 4 is 0 Å². The predicted molar refractivity (Wildman–Crippen MR) is 81.1 cm³/mol. The van der Waals surface area contributed by atoms with Crippen LogP contribution in [0.3, 0.4) is 0 Å². The summed E-state index contributed by atoms with van der Waals surface area (Å²) in [6.07, 6.45) is 0. The lowest BCUT2D eigenvalue weighted by molar-refractivity contribution is 0.299. The number of ether oxygens (including phenoxy) is 2. The summed E-state index contributed by atoms with van der Waals surface area (Å²) in [7, 11) is 1.95. The van der Waals surface area contributed by atoms with Crippen molar-refractivity contribution < 1.29 is 9.47 Å². The number of benzene rings is 2. The zero-order valence-corrected chi connectivity index (χ0v) is 12.1. The molecule has 0 atom stereocenters. The van der Waals surface area contributed by atoms with Gasteiger partial charge in [-0.1, -0.05) is 30.3 Å². The van der Waals surface area contributed by atoms with Crippen LogP contribution in [0.4, 0.5) is 0 Å². The third kappa shape index (κ3) is 4.28. The number of nitrogens with one attached hydrogen (secondary N) is 1. The fraction of sp³-hybridized carbons (Fsp3) is 0.294. The quantitative estimate of drug-likeness (QED) is 0.837. The van der Waals surface area contributed by atoms with Gasteiger partial charge in [-0.2, -0.15) is 0 Å². The van der Waals surface area contributed by atoms with E-state index in [1.807, 2.05) is 38.2 Å². The topological polar surface area (TPSA) is 30.5 Å². The van der Waals surface area contributed by atoms with Crippen LogP contribution < -0.4 is 14.8 Å². The lowest BCUT2D eigenvalue weighted by atomic mass is 10.1. The molecule has 0 spiro atoms. The monoisotopic (exact) mass is 271 g/mol. The van der Waals surface area contributed by atoms with Crippen LogP contribution in [0.25, 0.3) is 0 Å². The Hall–Kier alpha value is -2.00. The average molecular weight is 271 g/mol. The normalized spacial score (nSPS) is 10.3. The molecule has 0 amide bonds. The van der Waals surface area contributed by atoms with Gasteiger partial charge in [0.1, 0.15) is 18.1 Å². The number of hydrogen-bond donors (Lipinski definition) is 1. The summed E-state index contributed by atoms with van der Waals surface area (Å²) in [5.74, 6) is 1.67. The van der Waals surface area contributed by atoms with Crippen molar-refractivity contribution in [1.29, 1.82) is 0 Å². The Morgan fingerprint density at radius 1 is 0.900 bits per heavy atom. The molecule has 0 bridgehead atoms. The van der Waals surface area contributed by atoms with Crippen LogP contribution in [0.2, 0.25) is 0 Å². The van der Waals surface area contributed by atoms with E-state index in [2.05, 4.69) is 29.6 Å². The maximum absolute atomic E-state index is 5.78. The van der Waals surface area contributed by atoms with Crippen LogP contribution in [0.15, 0.2) is 48.5 Å². The summed E-state index contributed by atoms with van der Waals surface area (Å²) in [6, 6.07) is 16.2. The SMILES string of the molecule is CCOc1cccc(OCc2ccc(CNC)cc2)c1. The Labute approximate surface area is 120 Å². The van der Waals surface area contributed by atoms with E-state index in [4.69, 9.17) is 9.47 Å². The second-order valence-corrected chi connectivity index (χ2v) is 4.54. The van der Waals surface area contributed by atoms with Crippen molar-refractivity contribution in [1.82, 2.24) is 5.32 Å². The molecule has 1 N–H and O–H groups in total. The third-order valence-corrected chi connectivity index (χ3v) is 2.93. The van der Waals surface area contributed by atoms with Crippen molar-refractivity contribution in [3.8, 4) is 11.5 Å². The van der Waals surface area contributed by atoms with Gasteiger partial charge in [-0.05, 0) is 37.2 Å². The van der Waals surface area contributed by atoms with Crippen molar-refractivity contribution in [2.24, 2.45) is 0 Å². The zero-order valence-electron chi connectivity index (χ0n) is 12.1. The van der Waals surface area contributed by atoms with Gasteiger partial charge in [0.05, 0.1) is 6.61 Å². The lowest BCUT2D eigenvalue weighted by Gasteiger charge is -2.09. The first-order valence-electron chi connectivity index (χ1n) is 6.90. The Balaban J connectivity index is 1.92. The van der Waals surface area contributed by atoms with Crippen LogP contribution in [0.5, 0.6) is 11.5 Å². The number of rotatable bonds is 7. The standard InChI is InChI=1S/C17H21NO2/c1-3-19-16-5-4-6-17(11-16)20-13-15-9-7-14(8-10-15)12-18-2/h4-11,18H,3,12-13H2,1-2H3. The smallest absolute Gasteiger partial charge is 0.123 e. The first-order valence-corrected chi connectivity index (χ1v) is 6.90. The van der Waals surface area contributed by atoms with E-state index in [0.29, 0.717) is 13.2 Å². The van der Waals surface area contributed by atoms with Gasteiger partial charge in [-0.3, -0.25) is 0 Å². The van der Waals surface area contributed by atoms with E-state index < -0.39 is 0 Å². The third-order valence-electron chi connectivity index (χ3n) is 2.93. The molecule has 0 aromatic heterocycles. The second-order valence-electron chi connectivity index (χ2n) is 4.54. The maximum atomic E-state index is 5.78. The van der Waals surface area contributed by atoms with Crippen LogP contribution in [-0.2, 0) is 13.2 Å². The van der Waals surface area contributed by atoms with E-state index >= 15 is 0 Å². The first-order chi connectivity index (χ1) is 9.81. The molecule has 20 heavy (non-hydrogen) atoms. The molecule has 0 unspecified atom stereocenters. The van der Waals surface area contributed by atoms with E-state index in [-0.39, 0.29) is 0 Å². The first kappa shape index (κ1) is 14.4. The highest BCUT2D eigenvalue weighted by Gasteiger charge is 1.99. The van der Waals surface area contributed by atoms with Crippen LogP contribution >= 0.6 is 0 Å². The molecule has 3 heteroatoms. The largest absolute Gasteiger partial charge is 0.494 e. The molecule has 106 valence electrons. The Morgan fingerprint density at radius 2 is 1.55 bits per heavy atom. The fourth-order valence-corrected chi connectivity index (χ4v) is 1.94. The summed E-state index contributed by atoms with van der Waals surface area (Å²) in [5.41, 5.74) is 2.43. The van der Waals surface area contributed by atoms with Crippen molar-refractivity contribution in [3.63, 3.8) is 0 Å². The van der Waals surface area contributed by atoms with Crippen molar-refractivity contribution in [3.05, 3.63) is 59.7 Å². The molecule has 0 saturated carbocycles. The molecule has 0 fully saturated rings. The second kappa shape index (κ2) is 7.56. The Morgan fingerprint density at radius 3 is 2.20 bits per heavy atom. The van der Waals surface area contributed by atoms with Crippen LogP contribution in [-0.4, -0.2) is 13.7 Å². The van der Waals surface area contributed by atoms with Crippen molar-refractivity contribution in [2.75, 3.05) is 13.7 Å². The summed E-state index contributed by atoms with van der Waals surface area (Å²) in [4.78, 5) is 0. The van der Waals surface area contributed by atoms with Gasteiger partial charge in [0.25, 0.3) is 0 Å². The molecule has 3 nitrogen and oxygen atoms in total. The van der Waals surface area contributed by atoms with Gasteiger partial charge in [-0.15, -0.1) is 0 Å². The van der Waals surface area contributed by atoms with Gasteiger partial charge < -0.3 is 14.8 Å². The molecule has 0 aliphatic carbocycles. The van der Waals surface area contributed by atoms with Crippen LogP contribution in [0.1, 0.15) is 18.1 Å². The molecular weight excluding hydrogens is 250 g/mol. The highest BCUT2D eigenvalue weighted by molar-refractivity contribution is 5.33. The Kier molecular flexibility index (Phi) is 5.44. The van der Waals surface area contributed by atoms with Gasteiger partial charge >= 0.3 is 0 Å². The molecule has 0 aliphatic rings. The lowest BCUT2D eigenvalue weighted by Crippen LogP contribution is -2.05. The molecular formula is C17H21NO2. The van der Waals surface area contributed by atoms with Crippen molar-refractivity contribution in [2.45, 2.75) is 20.1 Å². The summed E-state index contributed by atoms with van der Waals surface area (Å²) in [5, 5.41) is 3.13. The number of hydrogen-bond acceptors (Lipinski definition) is 3. The van der Waals surface area contributed by atoms with Gasteiger partial charge in [0, 0.05) is 12.6 Å². The average Bonchev–Trinajstić information content (AvgIpc) is 2.48. The summed E-state index contributed by atoms with van der Waals surface area (Å²) >= 11 is 0. The van der Waals surface area contributed by atoms with Gasteiger partial charge in [-0.25, -0.2) is 0 Å². The summed E-state index contributed by atoms with van der Waals surface area (Å²) < 4.78 is 11.2. The molecule has 2 aromatic rings. The van der Waals surface area contributed by atoms with E-state index in [9.17, 15) is 0 Å². The molecule has 2 rings (SSSR count). The highest BCUT2D eigenvalue weighted by Crippen LogP contribution is 2.20. The molecule has 2 aromatic carbocycles. The molecule has 0 saturated heterocycles. The van der Waals surface area contributed by atoms with E-state index in [1.54, 1.807) is 0 Å². The van der Waals surface area contributed by atoms with Crippen LogP contribution in [0, 0.1) is 0 Å². The van der Waals surface area contributed by atoms with E-state index in [0.717, 1.165) is 23.6 Å². The minimum absolute atomic E-state index is 0.565. The molecule has 0 radical (unpaired) electrons. The molecule has 0 aliphatic heterocycles. The molecule has 0 heterocycles. The Bertz CT molecular complexity index is 523. The minimum atomic E-state index is 0.565.